The Balaban J connectivity index is 2.13. The fraction of sp³-hybridized carbons (Fsp3) is 0.188. The van der Waals surface area contributed by atoms with E-state index in [4.69, 9.17) is 27.9 Å². The number of Topliss-reactive ketones (excluding diaryl/α,β-unsaturated/α-hetero) is 1. The standard InChI is InChI=1S/C16H14Cl2O2/c1-10-9-14(18)7-8-15(10)20-11(2)16(19)12-3-5-13(17)6-4-12/h3-9,11H,1-2H3. The van der Waals surface area contributed by atoms with Gasteiger partial charge in [-0.05, 0) is 61.9 Å². The molecular weight excluding hydrogens is 295 g/mol. The summed E-state index contributed by atoms with van der Waals surface area (Å²) < 4.78 is 5.71. The number of hydrogen-bond donors (Lipinski definition) is 0. The van der Waals surface area contributed by atoms with Gasteiger partial charge in [-0.1, -0.05) is 23.2 Å². The molecule has 20 heavy (non-hydrogen) atoms. The van der Waals surface area contributed by atoms with Gasteiger partial charge in [0.2, 0.25) is 5.78 Å². The molecule has 104 valence electrons. The van der Waals surface area contributed by atoms with E-state index >= 15 is 0 Å². The highest BCUT2D eigenvalue weighted by Gasteiger charge is 2.17. The van der Waals surface area contributed by atoms with E-state index < -0.39 is 6.10 Å². The number of ether oxygens (including phenoxy) is 1. The maximum absolute atomic E-state index is 12.2. The Morgan fingerprint density at radius 3 is 2.25 bits per heavy atom. The lowest BCUT2D eigenvalue weighted by atomic mass is 10.1. The van der Waals surface area contributed by atoms with Crippen LogP contribution in [0.4, 0.5) is 0 Å². The first-order valence-corrected chi connectivity index (χ1v) is 6.95. The SMILES string of the molecule is Cc1cc(Cl)ccc1OC(C)C(=O)c1ccc(Cl)cc1. The van der Waals surface area contributed by atoms with Crippen LogP contribution in [0.15, 0.2) is 42.5 Å². The normalized spacial score (nSPS) is 12.0. The molecule has 0 fully saturated rings. The lowest BCUT2D eigenvalue weighted by Gasteiger charge is -2.15. The quantitative estimate of drug-likeness (QED) is 0.747. The molecule has 2 nitrogen and oxygen atoms in total. The molecule has 0 bridgehead atoms. The molecule has 1 atom stereocenters. The summed E-state index contributed by atoms with van der Waals surface area (Å²) in [5.41, 5.74) is 1.47. The molecule has 0 saturated carbocycles. The number of aryl methyl sites for hydroxylation is 1. The van der Waals surface area contributed by atoms with E-state index in [0.717, 1.165) is 5.56 Å². The first-order chi connectivity index (χ1) is 9.47. The van der Waals surface area contributed by atoms with Crippen molar-refractivity contribution in [1.82, 2.24) is 0 Å². The number of carbonyl (C=O) groups excluding carboxylic acids is 1. The van der Waals surface area contributed by atoms with E-state index in [1.165, 1.54) is 0 Å². The minimum absolute atomic E-state index is 0.0870. The smallest absolute Gasteiger partial charge is 0.202 e. The van der Waals surface area contributed by atoms with E-state index in [2.05, 4.69) is 0 Å². The van der Waals surface area contributed by atoms with Crippen LogP contribution >= 0.6 is 23.2 Å². The van der Waals surface area contributed by atoms with E-state index in [9.17, 15) is 4.79 Å². The van der Waals surface area contributed by atoms with Gasteiger partial charge in [-0.15, -0.1) is 0 Å². The average molecular weight is 309 g/mol. The fourth-order valence-corrected chi connectivity index (χ4v) is 2.19. The average Bonchev–Trinajstić information content (AvgIpc) is 2.42. The largest absolute Gasteiger partial charge is 0.482 e. The molecule has 0 heterocycles. The van der Waals surface area contributed by atoms with E-state index in [1.807, 2.05) is 6.92 Å². The van der Waals surface area contributed by atoms with Crippen LogP contribution in [-0.4, -0.2) is 11.9 Å². The van der Waals surface area contributed by atoms with Crippen molar-refractivity contribution in [3.05, 3.63) is 63.6 Å². The summed E-state index contributed by atoms with van der Waals surface area (Å²) in [4.78, 5) is 12.2. The maximum Gasteiger partial charge on any atom is 0.202 e. The monoisotopic (exact) mass is 308 g/mol. The van der Waals surface area contributed by atoms with Gasteiger partial charge in [0.1, 0.15) is 5.75 Å². The zero-order valence-electron chi connectivity index (χ0n) is 11.2. The minimum atomic E-state index is -0.573. The molecule has 0 radical (unpaired) electrons. The summed E-state index contributed by atoms with van der Waals surface area (Å²) in [7, 11) is 0. The Morgan fingerprint density at radius 2 is 1.65 bits per heavy atom. The van der Waals surface area contributed by atoms with Gasteiger partial charge in [-0.2, -0.15) is 0 Å². The van der Waals surface area contributed by atoms with Crippen LogP contribution in [0.25, 0.3) is 0 Å². The summed E-state index contributed by atoms with van der Waals surface area (Å²) in [5, 5.41) is 1.25. The number of benzene rings is 2. The van der Waals surface area contributed by atoms with Crippen molar-refractivity contribution in [3.63, 3.8) is 0 Å². The Bertz CT molecular complexity index is 621. The Morgan fingerprint density at radius 1 is 1.05 bits per heavy atom. The number of ketones is 1. The molecule has 1 unspecified atom stereocenters. The van der Waals surface area contributed by atoms with Gasteiger partial charge in [0, 0.05) is 15.6 Å². The molecule has 0 N–H and O–H groups in total. The van der Waals surface area contributed by atoms with Gasteiger partial charge < -0.3 is 4.74 Å². The number of halogens is 2. The third-order valence-electron chi connectivity index (χ3n) is 2.94. The molecule has 0 aliphatic carbocycles. The van der Waals surface area contributed by atoms with Crippen LogP contribution in [0.2, 0.25) is 10.0 Å². The molecule has 2 aromatic rings. The summed E-state index contributed by atoms with van der Waals surface area (Å²) in [6.07, 6.45) is -0.573. The van der Waals surface area contributed by atoms with Crippen molar-refractivity contribution < 1.29 is 9.53 Å². The summed E-state index contributed by atoms with van der Waals surface area (Å²) >= 11 is 11.7. The second-order valence-corrected chi connectivity index (χ2v) is 5.41. The van der Waals surface area contributed by atoms with Crippen molar-refractivity contribution in [3.8, 4) is 5.75 Å². The maximum atomic E-state index is 12.2. The number of rotatable bonds is 4. The highest BCUT2D eigenvalue weighted by Crippen LogP contribution is 2.23. The molecule has 0 saturated heterocycles. The van der Waals surface area contributed by atoms with Gasteiger partial charge in [-0.3, -0.25) is 4.79 Å². The zero-order valence-corrected chi connectivity index (χ0v) is 12.7. The summed E-state index contributed by atoms with van der Waals surface area (Å²) in [5.74, 6) is 0.570. The molecule has 0 amide bonds. The van der Waals surface area contributed by atoms with Crippen molar-refractivity contribution in [1.29, 1.82) is 0 Å². The van der Waals surface area contributed by atoms with Gasteiger partial charge in [0.25, 0.3) is 0 Å². The first-order valence-electron chi connectivity index (χ1n) is 6.20. The fourth-order valence-electron chi connectivity index (χ4n) is 1.84. The molecule has 0 aliphatic rings. The molecule has 4 heteroatoms. The molecule has 2 aromatic carbocycles. The lowest BCUT2D eigenvalue weighted by molar-refractivity contribution is 0.0817. The molecule has 0 aromatic heterocycles. The van der Waals surface area contributed by atoms with Crippen molar-refractivity contribution in [2.45, 2.75) is 20.0 Å². The van der Waals surface area contributed by atoms with E-state index in [1.54, 1.807) is 49.4 Å². The Hall–Kier alpha value is -1.51. The molecular formula is C16H14Cl2O2. The highest BCUT2D eigenvalue weighted by molar-refractivity contribution is 6.31. The third kappa shape index (κ3) is 3.53. The number of hydrogen-bond acceptors (Lipinski definition) is 2. The van der Waals surface area contributed by atoms with Crippen molar-refractivity contribution in [2.24, 2.45) is 0 Å². The first kappa shape index (κ1) is 14.9. The van der Waals surface area contributed by atoms with Crippen molar-refractivity contribution in [2.75, 3.05) is 0 Å². The van der Waals surface area contributed by atoms with Crippen LogP contribution in [0.5, 0.6) is 5.75 Å². The van der Waals surface area contributed by atoms with Gasteiger partial charge in [0.05, 0.1) is 0 Å². The Labute approximate surface area is 128 Å². The lowest BCUT2D eigenvalue weighted by Crippen LogP contribution is -2.24. The minimum Gasteiger partial charge on any atom is -0.482 e. The van der Waals surface area contributed by atoms with Crippen LogP contribution in [0.3, 0.4) is 0 Å². The van der Waals surface area contributed by atoms with Gasteiger partial charge in [0.15, 0.2) is 6.10 Å². The zero-order chi connectivity index (χ0) is 14.7. The van der Waals surface area contributed by atoms with Crippen molar-refractivity contribution >= 4 is 29.0 Å². The second-order valence-electron chi connectivity index (χ2n) is 4.54. The van der Waals surface area contributed by atoms with E-state index in [0.29, 0.717) is 21.4 Å². The van der Waals surface area contributed by atoms with Crippen LogP contribution < -0.4 is 4.74 Å². The van der Waals surface area contributed by atoms with E-state index in [-0.39, 0.29) is 5.78 Å². The predicted molar refractivity (Wildman–Crippen MR) is 82.1 cm³/mol. The molecule has 0 aliphatic heterocycles. The number of carbonyl (C=O) groups is 1. The summed E-state index contributed by atoms with van der Waals surface area (Å²) in [6, 6.07) is 12.1. The second kappa shape index (κ2) is 6.29. The van der Waals surface area contributed by atoms with Crippen LogP contribution in [0, 0.1) is 6.92 Å². The van der Waals surface area contributed by atoms with Gasteiger partial charge >= 0.3 is 0 Å². The molecule has 2 rings (SSSR count). The van der Waals surface area contributed by atoms with Crippen LogP contribution in [-0.2, 0) is 0 Å². The Kier molecular flexibility index (Phi) is 4.69. The highest BCUT2D eigenvalue weighted by atomic mass is 35.5. The predicted octanol–water partition coefficient (Wildman–Crippen LogP) is 4.95. The topological polar surface area (TPSA) is 26.3 Å². The van der Waals surface area contributed by atoms with Crippen LogP contribution in [0.1, 0.15) is 22.8 Å². The summed E-state index contributed by atoms with van der Waals surface area (Å²) in [6.45, 7) is 3.62. The molecule has 0 spiro atoms. The van der Waals surface area contributed by atoms with Gasteiger partial charge in [-0.25, -0.2) is 0 Å². The third-order valence-corrected chi connectivity index (χ3v) is 3.43.